The second-order valence-corrected chi connectivity index (χ2v) is 8.11. The van der Waals surface area contributed by atoms with E-state index < -0.39 is 5.60 Å². The molecule has 1 aromatic heterocycles. The molecule has 2 fully saturated rings. The van der Waals surface area contributed by atoms with Crippen molar-refractivity contribution < 1.29 is 19.1 Å². The van der Waals surface area contributed by atoms with E-state index in [1.165, 1.54) is 0 Å². The minimum Gasteiger partial charge on any atom is -0.444 e. The van der Waals surface area contributed by atoms with Gasteiger partial charge in [-0.2, -0.15) is 0 Å². The molecular weight excluding hydrogens is 346 g/mol. The Morgan fingerprint density at radius 3 is 2.44 bits per heavy atom. The molecular formula is C20H29N3O4. The van der Waals surface area contributed by atoms with Gasteiger partial charge in [0, 0.05) is 43.9 Å². The lowest BCUT2D eigenvalue weighted by atomic mass is 9.89. The predicted molar refractivity (Wildman–Crippen MR) is 102 cm³/mol. The maximum atomic E-state index is 12.9. The van der Waals surface area contributed by atoms with Gasteiger partial charge in [0.25, 0.3) is 0 Å². The van der Waals surface area contributed by atoms with Crippen LogP contribution in [0.5, 0.6) is 0 Å². The van der Waals surface area contributed by atoms with Crippen molar-refractivity contribution in [3.63, 3.8) is 0 Å². The Labute approximate surface area is 160 Å². The number of aromatic nitrogens is 1. The summed E-state index contributed by atoms with van der Waals surface area (Å²) in [5, 5.41) is 0. The van der Waals surface area contributed by atoms with E-state index in [9.17, 15) is 9.59 Å². The van der Waals surface area contributed by atoms with E-state index in [1.54, 1.807) is 17.2 Å². The zero-order valence-electron chi connectivity index (χ0n) is 16.4. The van der Waals surface area contributed by atoms with Crippen LogP contribution in [-0.4, -0.2) is 66.8 Å². The van der Waals surface area contributed by atoms with Crippen molar-refractivity contribution >= 4 is 17.7 Å². The molecule has 0 aromatic carbocycles. The summed E-state index contributed by atoms with van der Waals surface area (Å²) in [7, 11) is 0. The lowest BCUT2D eigenvalue weighted by Gasteiger charge is -2.33. The van der Waals surface area contributed by atoms with Gasteiger partial charge in [-0.15, -0.1) is 0 Å². The van der Waals surface area contributed by atoms with Gasteiger partial charge in [0.2, 0.25) is 0 Å². The molecule has 7 heteroatoms. The van der Waals surface area contributed by atoms with Crippen LogP contribution >= 0.6 is 0 Å². The number of anilines is 1. The molecule has 3 heterocycles. The van der Waals surface area contributed by atoms with Crippen LogP contribution in [0.2, 0.25) is 0 Å². The van der Waals surface area contributed by atoms with E-state index in [2.05, 4.69) is 9.88 Å². The first kappa shape index (κ1) is 19.6. The zero-order valence-corrected chi connectivity index (χ0v) is 16.4. The van der Waals surface area contributed by atoms with Gasteiger partial charge in [-0.1, -0.05) is 0 Å². The smallest absolute Gasteiger partial charge is 0.410 e. The molecule has 1 amide bonds. The van der Waals surface area contributed by atoms with Crippen molar-refractivity contribution in [3.05, 3.63) is 23.9 Å². The van der Waals surface area contributed by atoms with Gasteiger partial charge in [0.1, 0.15) is 11.4 Å². The average Bonchev–Trinajstić information content (AvgIpc) is 2.67. The molecule has 0 atom stereocenters. The molecule has 3 rings (SSSR count). The van der Waals surface area contributed by atoms with Gasteiger partial charge in [-0.3, -0.25) is 4.79 Å². The van der Waals surface area contributed by atoms with E-state index >= 15 is 0 Å². The molecule has 0 unspecified atom stereocenters. The SMILES string of the molecule is CC(C)(C)OC(=O)N1CCC(C(=O)c2ccnc(N3CCOCC3)c2)CC1. The van der Waals surface area contributed by atoms with Gasteiger partial charge in [-0.25, -0.2) is 9.78 Å². The molecule has 1 aromatic rings. The third-order valence-electron chi connectivity index (χ3n) is 4.88. The van der Waals surface area contributed by atoms with Crippen LogP contribution in [0.1, 0.15) is 44.0 Å². The molecule has 2 saturated heterocycles. The molecule has 7 nitrogen and oxygen atoms in total. The summed E-state index contributed by atoms with van der Waals surface area (Å²) in [6.45, 7) is 9.62. The molecule has 0 bridgehead atoms. The van der Waals surface area contributed by atoms with Crippen molar-refractivity contribution in [2.75, 3.05) is 44.3 Å². The number of Topliss-reactive ketones (excluding diaryl/α,β-unsaturated/α-hetero) is 1. The van der Waals surface area contributed by atoms with Crippen LogP contribution in [0.15, 0.2) is 18.3 Å². The third kappa shape index (κ3) is 5.19. The van der Waals surface area contributed by atoms with Gasteiger partial charge in [-0.05, 0) is 45.7 Å². The first-order valence-electron chi connectivity index (χ1n) is 9.64. The summed E-state index contributed by atoms with van der Waals surface area (Å²) in [6.07, 6.45) is 2.72. The van der Waals surface area contributed by atoms with E-state index in [0.717, 1.165) is 18.9 Å². The second-order valence-electron chi connectivity index (χ2n) is 8.11. The Hall–Kier alpha value is -2.15. The molecule has 0 N–H and O–H groups in total. The fourth-order valence-electron chi connectivity index (χ4n) is 3.42. The highest BCUT2D eigenvalue weighted by Crippen LogP contribution is 2.24. The standard InChI is InChI=1S/C20H29N3O4/c1-20(2,3)27-19(25)23-8-5-15(6-9-23)18(24)16-4-7-21-17(14-16)22-10-12-26-13-11-22/h4,7,14-15H,5-6,8-13H2,1-3H3. The Bertz CT molecular complexity index is 672. The number of hydrogen-bond acceptors (Lipinski definition) is 6. The Kier molecular flexibility index (Phi) is 5.99. The fourth-order valence-corrected chi connectivity index (χ4v) is 3.42. The van der Waals surface area contributed by atoms with Crippen LogP contribution in [0.25, 0.3) is 0 Å². The summed E-state index contributed by atoms with van der Waals surface area (Å²) < 4.78 is 10.8. The lowest BCUT2D eigenvalue weighted by molar-refractivity contribution is 0.0182. The number of carbonyl (C=O) groups is 2. The largest absolute Gasteiger partial charge is 0.444 e. The minimum atomic E-state index is -0.503. The van der Waals surface area contributed by atoms with Crippen molar-refractivity contribution in [3.8, 4) is 0 Å². The number of morpholine rings is 1. The van der Waals surface area contributed by atoms with E-state index in [0.29, 0.717) is 44.7 Å². The normalized spacial score (nSPS) is 19.1. The maximum Gasteiger partial charge on any atom is 0.410 e. The number of carbonyl (C=O) groups excluding carboxylic acids is 2. The van der Waals surface area contributed by atoms with Crippen LogP contribution in [0, 0.1) is 5.92 Å². The number of ketones is 1. The molecule has 0 radical (unpaired) electrons. The number of nitrogens with zero attached hydrogens (tertiary/aromatic N) is 3. The topological polar surface area (TPSA) is 72.0 Å². The van der Waals surface area contributed by atoms with E-state index in [1.807, 2.05) is 26.8 Å². The molecule has 0 saturated carbocycles. The third-order valence-corrected chi connectivity index (χ3v) is 4.88. The van der Waals surface area contributed by atoms with Gasteiger partial charge >= 0.3 is 6.09 Å². The monoisotopic (exact) mass is 375 g/mol. The van der Waals surface area contributed by atoms with Gasteiger partial charge in [0.05, 0.1) is 13.2 Å². The molecule has 27 heavy (non-hydrogen) atoms. The minimum absolute atomic E-state index is 0.0661. The highest BCUT2D eigenvalue weighted by molar-refractivity contribution is 5.98. The van der Waals surface area contributed by atoms with Crippen molar-refractivity contribution in [2.24, 2.45) is 5.92 Å². The van der Waals surface area contributed by atoms with E-state index in [-0.39, 0.29) is 17.8 Å². The molecule has 0 aliphatic carbocycles. The second kappa shape index (κ2) is 8.25. The number of ether oxygens (including phenoxy) is 2. The first-order chi connectivity index (χ1) is 12.8. The van der Waals surface area contributed by atoms with Crippen molar-refractivity contribution in [2.45, 2.75) is 39.2 Å². The summed E-state index contributed by atoms with van der Waals surface area (Å²) in [6, 6.07) is 3.67. The molecule has 0 spiro atoms. The number of amides is 1. The number of rotatable bonds is 3. The van der Waals surface area contributed by atoms with Crippen LogP contribution in [-0.2, 0) is 9.47 Å². The quantitative estimate of drug-likeness (QED) is 0.757. The van der Waals surface area contributed by atoms with Crippen molar-refractivity contribution in [1.29, 1.82) is 0 Å². The summed E-state index contributed by atoms with van der Waals surface area (Å²) >= 11 is 0. The Balaban J connectivity index is 1.58. The van der Waals surface area contributed by atoms with Crippen LogP contribution in [0.3, 0.4) is 0 Å². The highest BCUT2D eigenvalue weighted by Gasteiger charge is 2.30. The number of likely N-dealkylation sites (tertiary alicyclic amines) is 1. The van der Waals surface area contributed by atoms with Gasteiger partial charge < -0.3 is 19.3 Å². The maximum absolute atomic E-state index is 12.9. The number of pyridine rings is 1. The summed E-state index contributed by atoms with van der Waals surface area (Å²) in [5.41, 5.74) is 0.193. The Morgan fingerprint density at radius 2 is 1.81 bits per heavy atom. The summed E-state index contributed by atoms with van der Waals surface area (Å²) in [4.78, 5) is 33.4. The zero-order chi connectivity index (χ0) is 19.4. The molecule has 2 aliphatic heterocycles. The summed E-state index contributed by atoms with van der Waals surface area (Å²) in [5.74, 6) is 0.898. The first-order valence-corrected chi connectivity index (χ1v) is 9.64. The van der Waals surface area contributed by atoms with Crippen LogP contribution in [0.4, 0.5) is 10.6 Å². The average molecular weight is 375 g/mol. The number of piperidine rings is 1. The molecule has 148 valence electrons. The fraction of sp³-hybridized carbons (Fsp3) is 0.650. The van der Waals surface area contributed by atoms with E-state index in [4.69, 9.17) is 9.47 Å². The van der Waals surface area contributed by atoms with Crippen LogP contribution < -0.4 is 4.90 Å². The highest BCUT2D eigenvalue weighted by atomic mass is 16.6. The Morgan fingerprint density at radius 1 is 1.15 bits per heavy atom. The van der Waals surface area contributed by atoms with Gasteiger partial charge in [0.15, 0.2) is 5.78 Å². The molecule has 2 aliphatic rings. The predicted octanol–water partition coefficient (Wildman–Crippen LogP) is 2.75. The van der Waals surface area contributed by atoms with Crippen molar-refractivity contribution in [1.82, 2.24) is 9.88 Å². The lowest BCUT2D eigenvalue weighted by Crippen LogP contribution is -2.43. The number of hydrogen-bond donors (Lipinski definition) is 0.